The zero-order chi connectivity index (χ0) is 11.8. The van der Waals surface area contributed by atoms with Crippen molar-refractivity contribution in [2.75, 3.05) is 0 Å². The van der Waals surface area contributed by atoms with Crippen LogP contribution in [0.5, 0.6) is 0 Å². The molecule has 0 aliphatic carbocycles. The van der Waals surface area contributed by atoms with Gasteiger partial charge in [-0.05, 0) is 48.4 Å². The Kier molecular flexibility index (Phi) is 2.25. The summed E-state index contributed by atoms with van der Waals surface area (Å²) in [6.45, 7) is 4.33. The van der Waals surface area contributed by atoms with Crippen LogP contribution in [-0.4, -0.2) is 4.57 Å². The van der Waals surface area contributed by atoms with Gasteiger partial charge in [-0.1, -0.05) is 30.3 Å². The third kappa shape index (κ3) is 1.55. The molecule has 0 saturated carbocycles. The molecular formula is C16H15N. The molecule has 1 heterocycles. The number of aromatic nitrogens is 1. The van der Waals surface area contributed by atoms with Crippen LogP contribution < -0.4 is 0 Å². The first-order valence-corrected chi connectivity index (χ1v) is 5.90. The van der Waals surface area contributed by atoms with Crippen molar-refractivity contribution in [1.29, 1.82) is 0 Å². The third-order valence-electron chi connectivity index (χ3n) is 3.38. The maximum absolute atomic E-state index is 2.24. The van der Waals surface area contributed by atoms with Crippen molar-refractivity contribution in [1.82, 2.24) is 4.57 Å². The smallest absolute Gasteiger partial charge is 0.0487 e. The van der Waals surface area contributed by atoms with Crippen LogP contribution in [0.4, 0.5) is 0 Å². The highest BCUT2D eigenvalue weighted by atomic mass is 15.0. The molecule has 0 aliphatic rings. The van der Waals surface area contributed by atoms with E-state index in [-0.39, 0.29) is 0 Å². The Labute approximate surface area is 101 Å². The molecule has 0 N–H and O–H groups in total. The zero-order valence-electron chi connectivity index (χ0n) is 10.1. The largest absolute Gasteiger partial charge is 0.321 e. The predicted octanol–water partition coefficient (Wildman–Crippen LogP) is 4.25. The minimum absolute atomic E-state index is 1.27. The van der Waals surface area contributed by atoms with Gasteiger partial charge in [0.05, 0.1) is 0 Å². The molecule has 1 aromatic heterocycles. The van der Waals surface area contributed by atoms with Gasteiger partial charge in [0, 0.05) is 17.6 Å². The monoisotopic (exact) mass is 221 g/mol. The van der Waals surface area contributed by atoms with Gasteiger partial charge in [-0.3, -0.25) is 0 Å². The summed E-state index contributed by atoms with van der Waals surface area (Å²) in [6, 6.07) is 17.1. The van der Waals surface area contributed by atoms with Crippen LogP contribution in [-0.2, 0) is 0 Å². The molecule has 0 unspecified atom stereocenters. The molecule has 1 heteroatoms. The summed E-state index contributed by atoms with van der Waals surface area (Å²) in [5, 5.41) is 2.64. The van der Waals surface area contributed by atoms with Crippen molar-refractivity contribution in [3.63, 3.8) is 0 Å². The van der Waals surface area contributed by atoms with E-state index >= 15 is 0 Å². The number of hydrogen-bond donors (Lipinski definition) is 0. The lowest BCUT2D eigenvalue weighted by Crippen LogP contribution is -1.97. The van der Waals surface area contributed by atoms with Crippen LogP contribution in [0.1, 0.15) is 11.3 Å². The van der Waals surface area contributed by atoms with Crippen molar-refractivity contribution in [2.45, 2.75) is 13.8 Å². The van der Waals surface area contributed by atoms with Gasteiger partial charge in [-0.25, -0.2) is 0 Å². The van der Waals surface area contributed by atoms with Gasteiger partial charge in [0.2, 0.25) is 0 Å². The average molecular weight is 221 g/mol. The van der Waals surface area contributed by atoms with Crippen LogP contribution >= 0.6 is 0 Å². The summed E-state index contributed by atoms with van der Waals surface area (Å²) in [5.41, 5.74) is 3.87. The molecular weight excluding hydrogens is 206 g/mol. The molecule has 3 rings (SSSR count). The van der Waals surface area contributed by atoms with Crippen LogP contribution in [0.25, 0.3) is 16.5 Å². The minimum Gasteiger partial charge on any atom is -0.321 e. The van der Waals surface area contributed by atoms with Crippen molar-refractivity contribution >= 4 is 10.8 Å². The van der Waals surface area contributed by atoms with Crippen LogP contribution in [0.2, 0.25) is 0 Å². The fraction of sp³-hybridized carbons (Fsp3) is 0.125. The van der Waals surface area contributed by atoms with Crippen molar-refractivity contribution in [3.05, 3.63) is 66.0 Å². The summed E-state index contributed by atoms with van der Waals surface area (Å²) in [5.74, 6) is 0. The molecule has 17 heavy (non-hydrogen) atoms. The first-order chi connectivity index (χ1) is 8.27. The quantitative estimate of drug-likeness (QED) is 0.579. The third-order valence-corrected chi connectivity index (χ3v) is 3.38. The van der Waals surface area contributed by atoms with E-state index in [2.05, 4.69) is 73.1 Å². The van der Waals surface area contributed by atoms with Crippen LogP contribution in [0.3, 0.4) is 0 Å². The van der Waals surface area contributed by atoms with Gasteiger partial charge >= 0.3 is 0 Å². The van der Waals surface area contributed by atoms with E-state index < -0.39 is 0 Å². The molecule has 0 fully saturated rings. The Balaban J connectivity index is 2.32. The summed E-state index contributed by atoms with van der Waals surface area (Å²) in [6.07, 6.45) is 2.12. The van der Waals surface area contributed by atoms with E-state index in [1.54, 1.807) is 0 Å². The number of benzene rings is 2. The zero-order valence-corrected chi connectivity index (χ0v) is 10.1. The Bertz CT molecular complexity index is 677. The van der Waals surface area contributed by atoms with Gasteiger partial charge in [0.15, 0.2) is 0 Å². The van der Waals surface area contributed by atoms with E-state index in [0.29, 0.717) is 0 Å². The van der Waals surface area contributed by atoms with Crippen molar-refractivity contribution < 1.29 is 0 Å². The lowest BCUT2D eigenvalue weighted by atomic mass is 10.0. The molecule has 0 saturated heterocycles. The van der Waals surface area contributed by atoms with Crippen molar-refractivity contribution in [3.8, 4) is 5.69 Å². The lowest BCUT2D eigenvalue weighted by molar-refractivity contribution is 1.01. The number of fused-ring (bicyclic) bond motifs is 1. The van der Waals surface area contributed by atoms with Gasteiger partial charge in [0.25, 0.3) is 0 Å². The number of aryl methyl sites for hydroxylation is 2. The Hall–Kier alpha value is -2.02. The van der Waals surface area contributed by atoms with E-state index in [9.17, 15) is 0 Å². The highest BCUT2D eigenvalue weighted by molar-refractivity contribution is 5.88. The molecule has 0 amide bonds. The standard InChI is InChI=1S/C16H15N/c1-12-6-5-11-17(12)16-10-9-14-7-3-4-8-15(14)13(16)2/h3-11H,1-2H3. The Morgan fingerprint density at radius 2 is 1.65 bits per heavy atom. The number of hydrogen-bond acceptors (Lipinski definition) is 0. The topological polar surface area (TPSA) is 4.93 Å². The van der Waals surface area contributed by atoms with E-state index in [1.165, 1.54) is 27.7 Å². The summed E-state index contributed by atoms with van der Waals surface area (Å²) in [4.78, 5) is 0. The predicted molar refractivity (Wildman–Crippen MR) is 72.7 cm³/mol. The summed E-state index contributed by atoms with van der Waals surface area (Å²) >= 11 is 0. The molecule has 0 atom stereocenters. The van der Waals surface area contributed by atoms with Crippen molar-refractivity contribution in [2.24, 2.45) is 0 Å². The maximum Gasteiger partial charge on any atom is 0.0487 e. The molecule has 0 aliphatic heterocycles. The van der Waals surface area contributed by atoms with Gasteiger partial charge in [-0.2, -0.15) is 0 Å². The molecule has 0 spiro atoms. The fourth-order valence-corrected chi connectivity index (χ4v) is 2.41. The van der Waals surface area contributed by atoms with Gasteiger partial charge < -0.3 is 4.57 Å². The highest BCUT2D eigenvalue weighted by Crippen LogP contribution is 2.25. The average Bonchev–Trinajstić information content (AvgIpc) is 2.76. The molecule has 1 nitrogen and oxygen atoms in total. The second kappa shape index (κ2) is 3.77. The molecule has 84 valence electrons. The fourth-order valence-electron chi connectivity index (χ4n) is 2.41. The molecule has 0 radical (unpaired) electrons. The van der Waals surface area contributed by atoms with Crippen LogP contribution in [0.15, 0.2) is 54.7 Å². The van der Waals surface area contributed by atoms with Crippen LogP contribution in [0, 0.1) is 13.8 Å². The SMILES string of the molecule is Cc1c(-n2cccc2C)ccc2ccccc12. The normalized spacial score (nSPS) is 10.9. The molecule has 0 bridgehead atoms. The second-order valence-corrected chi connectivity index (χ2v) is 4.45. The van der Waals surface area contributed by atoms with E-state index in [4.69, 9.17) is 0 Å². The van der Waals surface area contributed by atoms with Gasteiger partial charge in [-0.15, -0.1) is 0 Å². The number of nitrogens with zero attached hydrogens (tertiary/aromatic N) is 1. The summed E-state index contributed by atoms with van der Waals surface area (Å²) < 4.78 is 2.24. The highest BCUT2D eigenvalue weighted by Gasteiger charge is 2.05. The second-order valence-electron chi connectivity index (χ2n) is 4.45. The molecule has 3 aromatic rings. The van der Waals surface area contributed by atoms with E-state index in [0.717, 1.165) is 0 Å². The Morgan fingerprint density at radius 1 is 0.824 bits per heavy atom. The number of rotatable bonds is 1. The first-order valence-electron chi connectivity index (χ1n) is 5.90. The van der Waals surface area contributed by atoms with E-state index in [1.807, 2.05) is 0 Å². The summed E-state index contributed by atoms with van der Waals surface area (Å²) in [7, 11) is 0. The lowest BCUT2D eigenvalue weighted by Gasteiger charge is -2.12. The van der Waals surface area contributed by atoms with Gasteiger partial charge in [0.1, 0.15) is 0 Å². The first kappa shape index (κ1) is 10.2. The molecule has 2 aromatic carbocycles. The minimum atomic E-state index is 1.27. The Morgan fingerprint density at radius 3 is 2.41 bits per heavy atom. The maximum atomic E-state index is 2.24.